The lowest BCUT2D eigenvalue weighted by Gasteiger charge is -2.29. The fraction of sp³-hybridized carbons (Fsp3) is 0.667. The lowest BCUT2D eigenvalue weighted by Crippen LogP contribution is -2.22. The standard InChI is InChI=1S/C18H29N/c1-13(2)17-14(3)11-15(18(4,5)6)12-16(17)19-9-7-8-10-19/h11-13H,7-10H2,1-6H3. The summed E-state index contributed by atoms with van der Waals surface area (Å²) in [6, 6.07) is 4.85. The second-order valence-electron chi connectivity index (χ2n) is 7.32. The van der Waals surface area contributed by atoms with E-state index in [1.54, 1.807) is 5.56 Å². The molecule has 0 N–H and O–H groups in total. The summed E-state index contributed by atoms with van der Waals surface area (Å²) in [5.41, 5.74) is 6.21. The third kappa shape index (κ3) is 2.96. The Hall–Kier alpha value is -0.980. The highest BCUT2D eigenvalue weighted by Gasteiger charge is 2.23. The second kappa shape index (κ2) is 5.19. The van der Waals surface area contributed by atoms with Gasteiger partial charge in [0.25, 0.3) is 0 Å². The maximum Gasteiger partial charge on any atom is 0.0407 e. The van der Waals surface area contributed by atoms with E-state index in [0.29, 0.717) is 5.92 Å². The molecule has 1 aromatic carbocycles. The van der Waals surface area contributed by atoms with E-state index in [1.165, 1.54) is 42.7 Å². The number of hydrogen-bond acceptors (Lipinski definition) is 1. The third-order valence-electron chi connectivity index (χ3n) is 4.26. The van der Waals surface area contributed by atoms with Crippen LogP contribution in [0.25, 0.3) is 0 Å². The lowest BCUT2D eigenvalue weighted by atomic mass is 9.83. The Bertz CT molecular complexity index is 445. The van der Waals surface area contributed by atoms with Crippen LogP contribution in [0.4, 0.5) is 5.69 Å². The van der Waals surface area contributed by atoms with Gasteiger partial charge < -0.3 is 4.90 Å². The molecule has 1 fully saturated rings. The Balaban J connectivity index is 2.55. The Morgan fingerprint density at radius 1 is 1.05 bits per heavy atom. The van der Waals surface area contributed by atoms with Gasteiger partial charge in [0.1, 0.15) is 0 Å². The van der Waals surface area contributed by atoms with Gasteiger partial charge in [-0.15, -0.1) is 0 Å². The van der Waals surface area contributed by atoms with E-state index >= 15 is 0 Å². The molecule has 106 valence electrons. The second-order valence-corrected chi connectivity index (χ2v) is 7.32. The first-order chi connectivity index (χ1) is 8.80. The number of hydrogen-bond donors (Lipinski definition) is 0. The van der Waals surface area contributed by atoms with Gasteiger partial charge in [0.05, 0.1) is 0 Å². The molecule has 0 amide bonds. The highest BCUT2D eigenvalue weighted by molar-refractivity contribution is 5.61. The molecule has 0 spiro atoms. The van der Waals surface area contributed by atoms with E-state index in [-0.39, 0.29) is 5.41 Å². The van der Waals surface area contributed by atoms with Crippen LogP contribution in [0.15, 0.2) is 12.1 Å². The van der Waals surface area contributed by atoms with Crippen LogP contribution in [0.2, 0.25) is 0 Å². The van der Waals surface area contributed by atoms with E-state index in [0.717, 1.165) is 0 Å². The van der Waals surface area contributed by atoms with Crippen molar-refractivity contribution < 1.29 is 0 Å². The summed E-state index contributed by atoms with van der Waals surface area (Å²) in [5.74, 6) is 0.601. The number of rotatable bonds is 2. The quantitative estimate of drug-likeness (QED) is 0.721. The van der Waals surface area contributed by atoms with Crippen molar-refractivity contribution in [1.29, 1.82) is 0 Å². The van der Waals surface area contributed by atoms with Gasteiger partial charge in [-0.05, 0) is 53.9 Å². The largest absolute Gasteiger partial charge is 0.371 e. The monoisotopic (exact) mass is 259 g/mol. The highest BCUT2D eigenvalue weighted by Crippen LogP contribution is 2.37. The van der Waals surface area contributed by atoms with Gasteiger partial charge >= 0.3 is 0 Å². The summed E-state index contributed by atoms with van der Waals surface area (Å²) in [5, 5.41) is 0. The van der Waals surface area contributed by atoms with Crippen molar-refractivity contribution in [3.8, 4) is 0 Å². The Morgan fingerprint density at radius 2 is 1.63 bits per heavy atom. The van der Waals surface area contributed by atoms with Crippen molar-refractivity contribution >= 4 is 5.69 Å². The van der Waals surface area contributed by atoms with Crippen LogP contribution in [0.1, 0.15) is 70.1 Å². The number of anilines is 1. The van der Waals surface area contributed by atoms with Gasteiger partial charge in [-0.25, -0.2) is 0 Å². The van der Waals surface area contributed by atoms with Crippen LogP contribution in [-0.2, 0) is 5.41 Å². The first-order valence-electron chi connectivity index (χ1n) is 7.70. The number of aryl methyl sites for hydroxylation is 1. The SMILES string of the molecule is Cc1cc(C(C)(C)C)cc(N2CCCC2)c1C(C)C. The molecule has 1 heteroatoms. The van der Waals surface area contributed by atoms with Crippen molar-refractivity contribution in [2.75, 3.05) is 18.0 Å². The Morgan fingerprint density at radius 3 is 2.11 bits per heavy atom. The summed E-state index contributed by atoms with van der Waals surface area (Å²) in [4.78, 5) is 2.59. The molecule has 0 aliphatic carbocycles. The Labute approximate surface area is 119 Å². The van der Waals surface area contributed by atoms with Crippen LogP contribution in [0, 0.1) is 6.92 Å². The highest BCUT2D eigenvalue weighted by atomic mass is 15.1. The normalized spacial score (nSPS) is 16.5. The molecule has 0 bridgehead atoms. The van der Waals surface area contributed by atoms with E-state index in [4.69, 9.17) is 0 Å². The van der Waals surface area contributed by atoms with Gasteiger partial charge in [0.2, 0.25) is 0 Å². The molecule has 2 rings (SSSR count). The average molecular weight is 259 g/mol. The van der Waals surface area contributed by atoms with Gasteiger partial charge in [-0.3, -0.25) is 0 Å². The maximum atomic E-state index is 2.59. The summed E-state index contributed by atoms with van der Waals surface area (Å²) < 4.78 is 0. The van der Waals surface area contributed by atoms with Crippen molar-refractivity contribution in [2.45, 2.75) is 65.7 Å². The maximum absolute atomic E-state index is 2.59. The minimum absolute atomic E-state index is 0.231. The number of nitrogens with zero attached hydrogens (tertiary/aromatic N) is 1. The molecular weight excluding hydrogens is 230 g/mol. The van der Waals surface area contributed by atoms with Crippen molar-refractivity contribution in [3.05, 3.63) is 28.8 Å². The molecule has 1 aliphatic heterocycles. The van der Waals surface area contributed by atoms with Crippen molar-refractivity contribution in [1.82, 2.24) is 0 Å². The van der Waals surface area contributed by atoms with Crippen LogP contribution in [0.3, 0.4) is 0 Å². The Kier molecular flexibility index (Phi) is 3.94. The molecule has 0 unspecified atom stereocenters. The molecular formula is C18H29N. The van der Waals surface area contributed by atoms with E-state index < -0.39 is 0 Å². The minimum atomic E-state index is 0.231. The van der Waals surface area contributed by atoms with E-state index in [1.807, 2.05) is 0 Å². The molecule has 19 heavy (non-hydrogen) atoms. The van der Waals surface area contributed by atoms with Gasteiger partial charge in [0.15, 0.2) is 0 Å². The van der Waals surface area contributed by atoms with Crippen molar-refractivity contribution in [2.24, 2.45) is 0 Å². The van der Waals surface area contributed by atoms with Gasteiger partial charge in [-0.2, -0.15) is 0 Å². The molecule has 1 saturated heterocycles. The van der Waals surface area contributed by atoms with Crippen LogP contribution in [-0.4, -0.2) is 13.1 Å². The zero-order valence-electron chi connectivity index (χ0n) is 13.5. The van der Waals surface area contributed by atoms with Crippen LogP contribution >= 0.6 is 0 Å². The topological polar surface area (TPSA) is 3.24 Å². The zero-order valence-corrected chi connectivity index (χ0v) is 13.5. The van der Waals surface area contributed by atoms with Crippen LogP contribution < -0.4 is 4.90 Å². The zero-order chi connectivity index (χ0) is 14.2. The molecule has 1 nitrogen and oxygen atoms in total. The molecule has 0 radical (unpaired) electrons. The lowest BCUT2D eigenvalue weighted by molar-refractivity contribution is 0.588. The molecule has 0 aromatic heterocycles. The van der Waals surface area contributed by atoms with Gasteiger partial charge in [0, 0.05) is 18.8 Å². The van der Waals surface area contributed by atoms with E-state index in [9.17, 15) is 0 Å². The average Bonchev–Trinajstić information content (AvgIpc) is 2.79. The fourth-order valence-corrected chi connectivity index (χ4v) is 3.18. The number of benzene rings is 1. The predicted molar refractivity (Wildman–Crippen MR) is 85.4 cm³/mol. The molecule has 0 saturated carbocycles. The minimum Gasteiger partial charge on any atom is -0.371 e. The summed E-state index contributed by atoms with van der Waals surface area (Å²) >= 11 is 0. The van der Waals surface area contributed by atoms with E-state index in [2.05, 4.69) is 58.6 Å². The summed E-state index contributed by atoms with van der Waals surface area (Å²) in [6.45, 7) is 16.3. The first kappa shape index (κ1) is 14.4. The first-order valence-corrected chi connectivity index (χ1v) is 7.70. The predicted octanol–water partition coefficient (Wildman–Crippen LogP) is 5.02. The molecule has 1 aliphatic rings. The van der Waals surface area contributed by atoms with Crippen molar-refractivity contribution in [3.63, 3.8) is 0 Å². The molecule has 0 atom stereocenters. The third-order valence-corrected chi connectivity index (χ3v) is 4.26. The van der Waals surface area contributed by atoms with Gasteiger partial charge in [-0.1, -0.05) is 40.7 Å². The smallest absolute Gasteiger partial charge is 0.0407 e. The summed E-state index contributed by atoms with van der Waals surface area (Å²) in [7, 11) is 0. The molecule has 1 heterocycles. The summed E-state index contributed by atoms with van der Waals surface area (Å²) in [6.07, 6.45) is 2.69. The molecule has 1 aromatic rings. The van der Waals surface area contributed by atoms with Crippen LogP contribution in [0.5, 0.6) is 0 Å². The fourth-order valence-electron chi connectivity index (χ4n) is 3.18.